The minimum Gasteiger partial charge on any atom is -0.444 e. The lowest BCUT2D eigenvalue weighted by molar-refractivity contribution is -0.119. The van der Waals surface area contributed by atoms with Crippen LogP contribution in [0.4, 0.5) is 10.5 Å². The molecule has 1 aliphatic carbocycles. The number of rotatable bonds is 9. The Morgan fingerprint density at radius 3 is 2.45 bits per heavy atom. The van der Waals surface area contributed by atoms with E-state index in [2.05, 4.69) is 26.3 Å². The van der Waals surface area contributed by atoms with Crippen molar-refractivity contribution in [2.24, 2.45) is 10.9 Å². The summed E-state index contributed by atoms with van der Waals surface area (Å²) in [6.45, 7) is 9.97. The summed E-state index contributed by atoms with van der Waals surface area (Å²) in [5.41, 5.74) is 1.35. The van der Waals surface area contributed by atoms with Gasteiger partial charge in [-0.05, 0) is 64.7 Å². The maximum atomic E-state index is 12.4. The molecule has 0 radical (unpaired) electrons. The van der Waals surface area contributed by atoms with Gasteiger partial charge in [0.2, 0.25) is 5.91 Å². The lowest BCUT2D eigenvalue weighted by Crippen LogP contribution is -2.39. The number of carbonyl (C=O) groups excluding carboxylic acids is 2. The van der Waals surface area contributed by atoms with Gasteiger partial charge in [0.05, 0.1) is 6.54 Å². The van der Waals surface area contributed by atoms with Crippen LogP contribution in [0.1, 0.15) is 65.4 Å². The van der Waals surface area contributed by atoms with Gasteiger partial charge in [0.15, 0.2) is 5.96 Å². The number of nitrogens with one attached hydrogen (secondary N) is 4. The summed E-state index contributed by atoms with van der Waals surface area (Å²) in [4.78, 5) is 28.7. The third-order valence-corrected chi connectivity index (χ3v) is 5.00. The summed E-state index contributed by atoms with van der Waals surface area (Å²) >= 11 is 0. The third kappa shape index (κ3) is 12.1. The van der Waals surface area contributed by atoms with E-state index in [9.17, 15) is 9.59 Å². The fourth-order valence-corrected chi connectivity index (χ4v) is 3.49. The summed E-state index contributed by atoms with van der Waals surface area (Å²) in [5, 5.41) is 12.3. The molecule has 186 valence electrons. The molecule has 9 heteroatoms. The van der Waals surface area contributed by atoms with Gasteiger partial charge in [0.25, 0.3) is 0 Å². The zero-order chi connectivity index (χ0) is 23.4. The second-order valence-electron chi connectivity index (χ2n) is 9.08. The topological polar surface area (TPSA) is 104 Å². The first-order valence-electron chi connectivity index (χ1n) is 11.7. The molecule has 0 bridgehead atoms. The number of ether oxygens (including phenoxy) is 1. The van der Waals surface area contributed by atoms with Crippen LogP contribution < -0.4 is 21.3 Å². The van der Waals surface area contributed by atoms with Crippen LogP contribution in [-0.4, -0.2) is 43.2 Å². The van der Waals surface area contributed by atoms with Crippen LogP contribution in [0.2, 0.25) is 0 Å². The minimum atomic E-state index is -0.496. The molecule has 1 fully saturated rings. The van der Waals surface area contributed by atoms with Crippen LogP contribution in [0.5, 0.6) is 0 Å². The third-order valence-electron chi connectivity index (χ3n) is 5.00. The van der Waals surface area contributed by atoms with Gasteiger partial charge in [-0.2, -0.15) is 0 Å². The predicted molar refractivity (Wildman–Crippen MR) is 144 cm³/mol. The SMILES string of the molecule is CCNC(=NCc1cccc(NC(=O)C2CCCC2)c1)NCCCNC(=O)OC(C)(C)C.I. The normalized spacial score (nSPS) is 14.2. The van der Waals surface area contributed by atoms with Crippen molar-refractivity contribution in [1.82, 2.24) is 16.0 Å². The van der Waals surface area contributed by atoms with Crippen molar-refractivity contribution in [2.75, 3.05) is 25.0 Å². The van der Waals surface area contributed by atoms with Crippen LogP contribution >= 0.6 is 24.0 Å². The zero-order valence-electron chi connectivity index (χ0n) is 20.3. The van der Waals surface area contributed by atoms with Gasteiger partial charge in [-0.1, -0.05) is 25.0 Å². The molecule has 0 unspecified atom stereocenters. The maximum Gasteiger partial charge on any atom is 0.407 e. The molecule has 8 nitrogen and oxygen atoms in total. The molecule has 33 heavy (non-hydrogen) atoms. The van der Waals surface area contributed by atoms with Gasteiger partial charge < -0.3 is 26.0 Å². The summed E-state index contributed by atoms with van der Waals surface area (Å²) in [7, 11) is 0. The molecule has 2 amide bonds. The molecule has 1 aromatic carbocycles. The van der Waals surface area contributed by atoms with Gasteiger partial charge in [-0.3, -0.25) is 4.79 Å². The average Bonchev–Trinajstić information content (AvgIpc) is 3.26. The fraction of sp³-hybridized carbons (Fsp3) is 0.625. The number of alkyl carbamates (subject to hydrolysis) is 1. The lowest BCUT2D eigenvalue weighted by Gasteiger charge is -2.19. The molecule has 1 saturated carbocycles. The van der Waals surface area contributed by atoms with Crippen LogP contribution in [0, 0.1) is 5.92 Å². The van der Waals surface area contributed by atoms with Crippen molar-refractivity contribution >= 4 is 47.6 Å². The largest absolute Gasteiger partial charge is 0.444 e. The highest BCUT2D eigenvalue weighted by Gasteiger charge is 2.22. The summed E-state index contributed by atoms with van der Waals surface area (Å²) < 4.78 is 5.22. The molecule has 1 aliphatic rings. The quantitative estimate of drug-likeness (QED) is 0.152. The first kappa shape index (κ1) is 29.0. The number of aliphatic imine (C=N–C) groups is 1. The van der Waals surface area contributed by atoms with Gasteiger partial charge in [-0.25, -0.2) is 9.79 Å². The Kier molecular flexibility index (Phi) is 13.2. The van der Waals surface area contributed by atoms with Crippen molar-refractivity contribution in [2.45, 2.75) is 71.9 Å². The van der Waals surface area contributed by atoms with E-state index in [0.29, 0.717) is 25.6 Å². The van der Waals surface area contributed by atoms with Gasteiger partial charge >= 0.3 is 6.09 Å². The van der Waals surface area contributed by atoms with Crippen molar-refractivity contribution in [3.63, 3.8) is 0 Å². The number of hydrogen-bond acceptors (Lipinski definition) is 4. The summed E-state index contributed by atoms with van der Waals surface area (Å²) in [6, 6.07) is 7.84. The Bertz CT molecular complexity index is 774. The Labute approximate surface area is 215 Å². The Hall–Kier alpha value is -2.04. The molecule has 0 aliphatic heterocycles. The van der Waals surface area contributed by atoms with E-state index in [0.717, 1.165) is 49.9 Å². The number of carbonyl (C=O) groups is 2. The summed E-state index contributed by atoms with van der Waals surface area (Å²) in [5.74, 6) is 0.981. The molecule has 0 heterocycles. The van der Waals surface area contributed by atoms with Crippen LogP contribution in [0.3, 0.4) is 0 Å². The molecule has 0 saturated heterocycles. The molecule has 1 aromatic rings. The first-order chi connectivity index (χ1) is 15.3. The Morgan fingerprint density at radius 2 is 1.79 bits per heavy atom. The van der Waals surface area contributed by atoms with E-state index in [1.165, 1.54) is 0 Å². The van der Waals surface area contributed by atoms with E-state index in [1.807, 2.05) is 52.0 Å². The van der Waals surface area contributed by atoms with E-state index >= 15 is 0 Å². The molecular formula is C24H40IN5O3. The van der Waals surface area contributed by atoms with E-state index in [4.69, 9.17) is 4.74 Å². The standard InChI is InChI=1S/C24H39N5O3.HI/c1-5-25-22(26-14-9-15-27-23(31)32-24(2,3)4)28-17-18-10-8-13-20(16-18)29-21(30)19-11-6-7-12-19;/h8,10,13,16,19H,5-7,9,11-12,14-15,17H2,1-4H3,(H,27,31)(H,29,30)(H2,25,26,28);1H. The molecule has 2 rings (SSSR count). The highest BCUT2D eigenvalue weighted by molar-refractivity contribution is 14.0. The average molecular weight is 574 g/mol. The smallest absolute Gasteiger partial charge is 0.407 e. The number of benzene rings is 1. The number of hydrogen-bond donors (Lipinski definition) is 4. The van der Waals surface area contributed by atoms with Gasteiger partial charge in [0.1, 0.15) is 5.60 Å². The maximum absolute atomic E-state index is 12.4. The number of nitrogens with zero attached hydrogens (tertiary/aromatic N) is 1. The van der Waals surface area contributed by atoms with Crippen molar-refractivity contribution in [3.05, 3.63) is 29.8 Å². The molecule has 0 spiro atoms. The number of amides is 2. The van der Waals surface area contributed by atoms with E-state index in [1.54, 1.807) is 0 Å². The Morgan fingerprint density at radius 1 is 1.09 bits per heavy atom. The number of anilines is 1. The van der Waals surface area contributed by atoms with Gasteiger partial charge in [-0.15, -0.1) is 24.0 Å². The monoisotopic (exact) mass is 573 g/mol. The summed E-state index contributed by atoms with van der Waals surface area (Å²) in [6.07, 6.45) is 4.60. The minimum absolute atomic E-state index is 0. The second kappa shape index (κ2) is 15.0. The van der Waals surface area contributed by atoms with Crippen molar-refractivity contribution in [1.29, 1.82) is 0 Å². The van der Waals surface area contributed by atoms with Gasteiger partial charge in [0, 0.05) is 31.2 Å². The molecular weight excluding hydrogens is 533 g/mol. The van der Waals surface area contributed by atoms with Crippen molar-refractivity contribution in [3.8, 4) is 0 Å². The van der Waals surface area contributed by atoms with E-state index < -0.39 is 11.7 Å². The van der Waals surface area contributed by atoms with Crippen LogP contribution in [0.25, 0.3) is 0 Å². The second-order valence-corrected chi connectivity index (χ2v) is 9.08. The fourth-order valence-electron chi connectivity index (χ4n) is 3.49. The highest BCUT2D eigenvalue weighted by atomic mass is 127. The molecule has 4 N–H and O–H groups in total. The predicted octanol–water partition coefficient (Wildman–Crippen LogP) is 4.40. The number of guanidine groups is 1. The Balaban J connectivity index is 0.00000544. The van der Waals surface area contributed by atoms with Crippen molar-refractivity contribution < 1.29 is 14.3 Å². The lowest BCUT2D eigenvalue weighted by atomic mass is 10.1. The van der Waals surface area contributed by atoms with Crippen LogP contribution in [-0.2, 0) is 16.1 Å². The highest BCUT2D eigenvalue weighted by Crippen LogP contribution is 2.26. The van der Waals surface area contributed by atoms with E-state index in [-0.39, 0.29) is 35.8 Å². The zero-order valence-corrected chi connectivity index (χ0v) is 22.7. The molecule has 0 atom stereocenters. The van der Waals surface area contributed by atoms with Crippen LogP contribution in [0.15, 0.2) is 29.3 Å². The number of halogens is 1. The molecule has 0 aromatic heterocycles. The first-order valence-corrected chi connectivity index (χ1v) is 11.7.